The molecule has 4 heteroatoms. The summed E-state index contributed by atoms with van der Waals surface area (Å²) >= 11 is 6.45. The van der Waals surface area contributed by atoms with Gasteiger partial charge in [0.05, 0.1) is 4.92 Å². The maximum absolute atomic E-state index is 10.9. The van der Waals surface area contributed by atoms with Crippen molar-refractivity contribution in [2.75, 3.05) is 0 Å². The topological polar surface area (TPSA) is 43.1 Å². The summed E-state index contributed by atoms with van der Waals surface area (Å²) in [7, 11) is 0. The number of alkyl halides is 1. The zero-order valence-corrected chi connectivity index (χ0v) is 11.1. The van der Waals surface area contributed by atoms with Gasteiger partial charge < -0.3 is 0 Å². The van der Waals surface area contributed by atoms with Crippen LogP contribution in [-0.2, 0) is 6.42 Å². The lowest BCUT2D eigenvalue weighted by atomic mass is 9.84. The first kappa shape index (κ1) is 13.3. The summed E-state index contributed by atoms with van der Waals surface area (Å²) in [4.78, 5) is 10.6. The highest BCUT2D eigenvalue weighted by molar-refractivity contribution is 6.21. The summed E-state index contributed by atoms with van der Waals surface area (Å²) in [6, 6.07) is 6.91. The smallest absolute Gasteiger partial charge is 0.258 e. The Bertz CT molecular complexity index is 416. The number of hydrogen-bond acceptors (Lipinski definition) is 2. The van der Waals surface area contributed by atoms with Crippen molar-refractivity contribution in [3.05, 3.63) is 39.9 Å². The summed E-state index contributed by atoms with van der Waals surface area (Å²) < 4.78 is 0. The second kappa shape index (κ2) is 6.19. The van der Waals surface area contributed by atoms with Crippen molar-refractivity contribution in [2.45, 2.75) is 43.9 Å². The lowest BCUT2D eigenvalue weighted by molar-refractivity contribution is -0.385. The fraction of sp³-hybridized carbons (Fsp3) is 0.571. The molecule has 1 saturated carbocycles. The third kappa shape index (κ3) is 3.22. The van der Waals surface area contributed by atoms with Crippen molar-refractivity contribution >= 4 is 17.3 Å². The fourth-order valence-corrected chi connectivity index (χ4v) is 3.15. The minimum Gasteiger partial charge on any atom is -0.258 e. The highest BCUT2D eigenvalue weighted by Crippen LogP contribution is 2.32. The van der Waals surface area contributed by atoms with Gasteiger partial charge in [-0.15, -0.1) is 11.6 Å². The summed E-state index contributed by atoms with van der Waals surface area (Å²) in [5, 5.41) is 11.0. The summed E-state index contributed by atoms with van der Waals surface area (Å²) in [6.07, 6.45) is 6.70. The molecule has 1 aliphatic rings. The molecule has 1 aromatic carbocycles. The zero-order valence-electron chi connectivity index (χ0n) is 10.3. The Hall–Kier alpha value is -1.09. The predicted octanol–water partition coefficient (Wildman–Crippen LogP) is 4.33. The van der Waals surface area contributed by atoms with Crippen LogP contribution in [0.5, 0.6) is 0 Å². The molecule has 1 aliphatic carbocycles. The molecule has 1 atom stereocenters. The molecule has 0 aromatic heterocycles. The Kier molecular flexibility index (Phi) is 4.59. The normalized spacial score (nSPS) is 18.5. The average Bonchev–Trinajstić information content (AvgIpc) is 2.40. The number of nitro groups is 1. The molecular formula is C14H18ClNO2. The van der Waals surface area contributed by atoms with Gasteiger partial charge in [0.2, 0.25) is 0 Å². The number of nitrogens with zero attached hydrogens (tertiary/aromatic N) is 1. The van der Waals surface area contributed by atoms with Gasteiger partial charge in [-0.05, 0) is 25.2 Å². The average molecular weight is 268 g/mol. The van der Waals surface area contributed by atoms with Gasteiger partial charge in [-0.3, -0.25) is 10.1 Å². The maximum atomic E-state index is 10.9. The van der Waals surface area contributed by atoms with Crippen LogP contribution in [-0.4, -0.2) is 10.3 Å². The Morgan fingerprint density at radius 3 is 2.61 bits per heavy atom. The van der Waals surface area contributed by atoms with Gasteiger partial charge in [0.15, 0.2) is 0 Å². The predicted molar refractivity (Wildman–Crippen MR) is 73.0 cm³/mol. The highest BCUT2D eigenvalue weighted by Gasteiger charge is 2.24. The number of benzene rings is 1. The monoisotopic (exact) mass is 267 g/mol. The van der Waals surface area contributed by atoms with E-state index >= 15 is 0 Å². The van der Waals surface area contributed by atoms with Gasteiger partial charge >= 0.3 is 0 Å². The van der Waals surface area contributed by atoms with Gasteiger partial charge in [-0.2, -0.15) is 0 Å². The second-order valence-electron chi connectivity index (χ2n) is 5.00. The van der Waals surface area contributed by atoms with Gasteiger partial charge in [-0.25, -0.2) is 0 Å². The summed E-state index contributed by atoms with van der Waals surface area (Å²) in [6.45, 7) is 0. The zero-order chi connectivity index (χ0) is 13.0. The maximum Gasteiger partial charge on any atom is 0.272 e. The van der Waals surface area contributed by atoms with Crippen molar-refractivity contribution < 1.29 is 4.92 Å². The molecular weight excluding hydrogens is 250 g/mol. The van der Waals surface area contributed by atoms with E-state index < -0.39 is 0 Å². The van der Waals surface area contributed by atoms with E-state index in [9.17, 15) is 10.1 Å². The number of rotatable bonds is 4. The molecule has 2 rings (SSSR count). The van der Waals surface area contributed by atoms with E-state index in [1.165, 1.54) is 19.3 Å². The molecule has 1 fully saturated rings. The van der Waals surface area contributed by atoms with Gasteiger partial charge in [0.25, 0.3) is 5.69 Å². The second-order valence-corrected chi connectivity index (χ2v) is 5.56. The molecule has 1 unspecified atom stereocenters. The van der Waals surface area contributed by atoms with Crippen LogP contribution in [0.1, 0.15) is 37.7 Å². The van der Waals surface area contributed by atoms with E-state index in [0.717, 1.165) is 18.4 Å². The Morgan fingerprint density at radius 2 is 1.94 bits per heavy atom. The first-order valence-corrected chi connectivity index (χ1v) is 6.98. The number of nitro benzene ring substituents is 1. The summed E-state index contributed by atoms with van der Waals surface area (Å²) in [5.41, 5.74) is 0.951. The van der Waals surface area contributed by atoms with E-state index in [1.54, 1.807) is 12.1 Å². The minimum atomic E-state index is -0.320. The molecule has 0 amide bonds. The van der Waals surface area contributed by atoms with Crippen molar-refractivity contribution in [3.63, 3.8) is 0 Å². The van der Waals surface area contributed by atoms with Gasteiger partial charge in [-0.1, -0.05) is 37.5 Å². The van der Waals surface area contributed by atoms with Gasteiger partial charge in [0, 0.05) is 17.0 Å². The Labute approximate surface area is 112 Å². The molecule has 98 valence electrons. The van der Waals surface area contributed by atoms with E-state index in [2.05, 4.69) is 0 Å². The first-order chi connectivity index (χ1) is 8.68. The van der Waals surface area contributed by atoms with Crippen molar-refractivity contribution in [3.8, 4) is 0 Å². The van der Waals surface area contributed by atoms with E-state index in [4.69, 9.17) is 11.6 Å². The molecule has 0 saturated heterocycles. The van der Waals surface area contributed by atoms with Gasteiger partial charge in [0.1, 0.15) is 0 Å². The van der Waals surface area contributed by atoms with Crippen LogP contribution >= 0.6 is 11.6 Å². The molecule has 18 heavy (non-hydrogen) atoms. The SMILES string of the molecule is O=[N+]([O-])c1ccccc1CC(Cl)C1CCCCC1. The first-order valence-electron chi connectivity index (χ1n) is 6.55. The van der Waals surface area contributed by atoms with Crippen molar-refractivity contribution in [1.29, 1.82) is 0 Å². The van der Waals surface area contributed by atoms with E-state index in [-0.39, 0.29) is 16.0 Å². The molecule has 0 spiro atoms. The standard InChI is InChI=1S/C14H18ClNO2/c15-13(11-6-2-1-3-7-11)10-12-8-4-5-9-14(12)16(17)18/h4-5,8-9,11,13H,1-3,6-7,10H2. The van der Waals surface area contributed by atoms with E-state index in [1.807, 2.05) is 12.1 Å². The molecule has 0 aliphatic heterocycles. The number of halogens is 1. The Balaban J connectivity index is 2.06. The van der Waals surface area contributed by atoms with Crippen molar-refractivity contribution in [1.82, 2.24) is 0 Å². The molecule has 0 bridgehead atoms. The minimum absolute atomic E-state index is 0.0198. The van der Waals surface area contributed by atoms with Crippen LogP contribution < -0.4 is 0 Å². The molecule has 3 nitrogen and oxygen atoms in total. The van der Waals surface area contributed by atoms with E-state index in [0.29, 0.717) is 12.3 Å². The number of hydrogen-bond donors (Lipinski definition) is 0. The largest absolute Gasteiger partial charge is 0.272 e. The van der Waals surface area contributed by atoms with Crippen LogP contribution in [0, 0.1) is 16.0 Å². The lowest BCUT2D eigenvalue weighted by Crippen LogP contribution is -2.20. The van der Waals surface area contributed by atoms with Crippen molar-refractivity contribution in [2.24, 2.45) is 5.92 Å². The van der Waals surface area contributed by atoms with Crippen LogP contribution in [0.25, 0.3) is 0 Å². The summed E-state index contributed by atoms with van der Waals surface area (Å²) in [5.74, 6) is 0.514. The quantitative estimate of drug-likeness (QED) is 0.463. The fourth-order valence-electron chi connectivity index (χ4n) is 2.73. The van der Waals surface area contributed by atoms with Crippen LogP contribution in [0.2, 0.25) is 0 Å². The number of para-hydroxylation sites is 1. The third-order valence-corrected chi connectivity index (χ3v) is 4.28. The third-order valence-electron chi connectivity index (χ3n) is 3.76. The van der Waals surface area contributed by atoms with Crippen LogP contribution in [0.3, 0.4) is 0 Å². The molecule has 0 radical (unpaired) electrons. The highest BCUT2D eigenvalue weighted by atomic mass is 35.5. The van der Waals surface area contributed by atoms with Crippen LogP contribution in [0.4, 0.5) is 5.69 Å². The Morgan fingerprint density at radius 1 is 1.28 bits per heavy atom. The van der Waals surface area contributed by atoms with Crippen LogP contribution in [0.15, 0.2) is 24.3 Å². The molecule has 1 aromatic rings. The lowest BCUT2D eigenvalue weighted by Gasteiger charge is -2.26. The molecule has 0 N–H and O–H groups in total. The molecule has 0 heterocycles.